The van der Waals surface area contributed by atoms with Crippen molar-refractivity contribution in [3.63, 3.8) is 0 Å². The Kier molecular flexibility index (Phi) is 5.86. The first-order valence-corrected chi connectivity index (χ1v) is 7.79. The van der Waals surface area contributed by atoms with Gasteiger partial charge in [-0.25, -0.2) is 8.42 Å². The average molecular weight is 315 g/mol. The molecule has 116 valence electrons. The summed E-state index contributed by atoms with van der Waals surface area (Å²) < 4.78 is 24.8. The minimum Gasteiger partial charge on any atom is -0.480 e. The standard InChI is InChI=1S/C13H17NO6S/c1-10(11-5-3-2-4-6-11)9-21(19,20)14(7-12(15)16)8-13(17)18/h2-6,10H,7-9H2,1H3,(H,15,16)(H,17,18). The third-order valence-electron chi connectivity index (χ3n) is 2.85. The maximum atomic E-state index is 12.2. The Labute approximate surface area is 122 Å². The van der Waals surface area contributed by atoms with Gasteiger partial charge in [-0.15, -0.1) is 0 Å². The van der Waals surface area contributed by atoms with Crippen LogP contribution in [0.3, 0.4) is 0 Å². The van der Waals surface area contributed by atoms with E-state index in [2.05, 4.69) is 0 Å². The molecule has 0 saturated heterocycles. The first kappa shape index (κ1) is 17.1. The minimum absolute atomic E-state index is 0.350. The molecule has 0 fully saturated rings. The third-order valence-corrected chi connectivity index (χ3v) is 4.81. The molecule has 1 unspecified atom stereocenters. The Morgan fingerprint density at radius 3 is 2.00 bits per heavy atom. The molecule has 2 N–H and O–H groups in total. The van der Waals surface area contributed by atoms with Gasteiger partial charge in [-0.2, -0.15) is 4.31 Å². The zero-order valence-electron chi connectivity index (χ0n) is 11.5. The lowest BCUT2D eigenvalue weighted by Gasteiger charge is -2.21. The van der Waals surface area contributed by atoms with Gasteiger partial charge in [0.1, 0.15) is 13.1 Å². The zero-order valence-corrected chi connectivity index (χ0v) is 12.3. The van der Waals surface area contributed by atoms with E-state index in [1.807, 2.05) is 0 Å². The van der Waals surface area contributed by atoms with Crippen LogP contribution in [0, 0.1) is 0 Å². The summed E-state index contributed by atoms with van der Waals surface area (Å²) in [5.41, 5.74) is 0.784. The van der Waals surface area contributed by atoms with Gasteiger partial charge in [-0.3, -0.25) is 9.59 Å². The molecule has 1 aromatic carbocycles. The summed E-state index contributed by atoms with van der Waals surface area (Å²) in [5.74, 6) is -3.52. The highest BCUT2D eigenvalue weighted by atomic mass is 32.2. The lowest BCUT2D eigenvalue weighted by Crippen LogP contribution is -2.41. The average Bonchev–Trinajstić information content (AvgIpc) is 2.37. The number of rotatable bonds is 8. The van der Waals surface area contributed by atoms with Crippen LogP contribution < -0.4 is 0 Å². The summed E-state index contributed by atoms with van der Waals surface area (Å²) in [6, 6.07) is 8.86. The Hall–Kier alpha value is -1.93. The summed E-state index contributed by atoms with van der Waals surface area (Å²) in [6.45, 7) is -0.0428. The largest absolute Gasteiger partial charge is 0.480 e. The first-order chi connectivity index (χ1) is 9.72. The van der Waals surface area contributed by atoms with Crippen molar-refractivity contribution in [2.24, 2.45) is 0 Å². The van der Waals surface area contributed by atoms with E-state index in [0.717, 1.165) is 5.56 Å². The van der Waals surface area contributed by atoms with Gasteiger partial charge in [0, 0.05) is 0 Å². The van der Waals surface area contributed by atoms with Crippen molar-refractivity contribution in [1.82, 2.24) is 4.31 Å². The molecule has 0 aromatic heterocycles. The Morgan fingerprint density at radius 1 is 1.10 bits per heavy atom. The molecule has 0 aliphatic heterocycles. The molecule has 0 bridgehead atoms. The molecule has 0 aliphatic rings. The van der Waals surface area contributed by atoms with Gasteiger partial charge in [0.05, 0.1) is 5.75 Å². The van der Waals surface area contributed by atoms with Crippen LogP contribution in [0.25, 0.3) is 0 Å². The van der Waals surface area contributed by atoms with Crippen LogP contribution in [0.4, 0.5) is 0 Å². The van der Waals surface area contributed by atoms with Gasteiger partial charge in [0.15, 0.2) is 0 Å². The molecule has 0 spiro atoms. The number of sulfonamides is 1. The van der Waals surface area contributed by atoms with Gasteiger partial charge in [-0.05, 0) is 11.5 Å². The lowest BCUT2D eigenvalue weighted by atomic mass is 10.0. The molecular formula is C13H17NO6S. The van der Waals surface area contributed by atoms with Crippen molar-refractivity contribution in [3.8, 4) is 0 Å². The van der Waals surface area contributed by atoms with E-state index in [-0.39, 0.29) is 11.7 Å². The second kappa shape index (κ2) is 7.19. The second-order valence-electron chi connectivity index (χ2n) is 4.65. The summed E-state index contributed by atoms with van der Waals surface area (Å²) in [4.78, 5) is 21.4. The lowest BCUT2D eigenvalue weighted by molar-refractivity contribution is -0.139. The van der Waals surface area contributed by atoms with Gasteiger partial charge in [0.2, 0.25) is 10.0 Å². The number of carbonyl (C=O) groups is 2. The molecule has 8 heteroatoms. The van der Waals surface area contributed by atoms with E-state index in [4.69, 9.17) is 10.2 Å². The minimum atomic E-state index is -3.99. The van der Waals surface area contributed by atoms with Gasteiger partial charge < -0.3 is 10.2 Å². The van der Waals surface area contributed by atoms with Crippen molar-refractivity contribution < 1.29 is 28.2 Å². The van der Waals surface area contributed by atoms with Crippen molar-refractivity contribution in [1.29, 1.82) is 0 Å². The SMILES string of the molecule is CC(CS(=O)(=O)N(CC(=O)O)CC(=O)O)c1ccccc1. The zero-order chi connectivity index (χ0) is 16.0. The fourth-order valence-electron chi connectivity index (χ4n) is 1.85. The Morgan fingerprint density at radius 2 is 1.57 bits per heavy atom. The van der Waals surface area contributed by atoms with E-state index in [0.29, 0.717) is 4.31 Å². The van der Waals surface area contributed by atoms with Gasteiger partial charge >= 0.3 is 11.9 Å². The van der Waals surface area contributed by atoms with E-state index in [1.165, 1.54) is 0 Å². The molecule has 0 aliphatic carbocycles. The van der Waals surface area contributed by atoms with E-state index >= 15 is 0 Å². The van der Waals surface area contributed by atoms with Crippen LogP contribution in [0.15, 0.2) is 30.3 Å². The van der Waals surface area contributed by atoms with Gasteiger partial charge in [0.25, 0.3) is 0 Å². The number of carboxylic acid groups (broad SMARTS) is 2. The molecule has 1 rings (SSSR count). The second-order valence-corrected chi connectivity index (χ2v) is 6.66. The molecule has 7 nitrogen and oxygen atoms in total. The fraction of sp³-hybridized carbons (Fsp3) is 0.385. The highest BCUT2D eigenvalue weighted by Crippen LogP contribution is 2.18. The van der Waals surface area contributed by atoms with Crippen molar-refractivity contribution in [3.05, 3.63) is 35.9 Å². The highest BCUT2D eigenvalue weighted by Gasteiger charge is 2.28. The summed E-state index contributed by atoms with van der Waals surface area (Å²) in [5, 5.41) is 17.4. The number of hydrogen-bond acceptors (Lipinski definition) is 4. The maximum absolute atomic E-state index is 12.2. The van der Waals surface area contributed by atoms with Gasteiger partial charge in [-0.1, -0.05) is 37.3 Å². The van der Waals surface area contributed by atoms with E-state index in [9.17, 15) is 18.0 Å². The number of hydrogen-bond donors (Lipinski definition) is 2. The molecule has 0 heterocycles. The molecule has 1 atom stereocenters. The maximum Gasteiger partial charge on any atom is 0.318 e. The topological polar surface area (TPSA) is 112 Å². The van der Waals surface area contributed by atoms with Crippen LogP contribution >= 0.6 is 0 Å². The number of nitrogens with zero attached hydrogens (tertiary/aromatic N) is 1. The first-order valence-electron chi connectivity index (χ1n) is 6.18. The van der Waals surface area contributed by atoms with Crippen LogP contribution in [-0.2, 0) is 19.6 Å². The van der Waals surface area contributed by atoms with Crippen LogP contribution in [0.1, 0.15) is 18.4 Å². The number of carboxylic acids is 2. The molecule has 0 radical (unpaired) electrons. The molecular weight excluding hydrogens is 298 g/mol. The highest BCUT2D eigenvalue weighted by molar-refractivity contribution is 7.89. The fourth-order valence-corrected chi connectivity index (χ4v) is 3.50. The normalized spacial score (nSPS) is 13.0. The Bertz CT molecular complexity index is 582. The predicted molar refractivity (Wildman–Crippen MR) is 75.5 cm³/mol. The number of aliphatic carboxylic acids is 2. The van der Waals surface area contributed by atoms with E-state index in [1.54, 1.807) is 37.3 Å². The van der Waals surface area contributed by atoms with Crippen LogP contribution in [0.2, 0.25) is 0 Å². The molecule has 21 heavy (non-hydrogen) atoms. The number of benzene rings is 1. The predicted octanol–water partition coefficient (Wildman–Crippen LogP) is 0.591. The Balaban J connectivity index is 2.90. The smallest absolute Gasteiger partial charge is 0.318 e. The third kappa shape index (κ3) is 5.52. The van der Waals surface area contributed by atoms with Crippen molar-refractivity contribution in [2.45, 2.75) is 12.8 Å². The summed E-state index contributed by atoms with van der Waals surface area (Å²) in [6.07, 6.45) is 0. The monoisotopic (exact) mass is 315 g/mol. The summed E-state index contributed by atoms with van der Waals surface area (Å²) >= 11 is 0. The van der Waals surface area contributed by atoms with E-state index < -0.39 is 35.1 Å². The van der Waals surface area contributed by atoms with Crippen molar-refractivity contribution >= 4 is 22.0 Å². The van der Waals surface area contributed by atoms with Crippen molar-refractivity contribution in [2.75, 3.05) is 18.8 Å². The molecule has 0 amide bonds. The van der Waals surface area contributed by atoms with Crippen LogP contribution in [-0.4, -0.2) is 53.7 Å². The molecule has 1 aromatic rings. The summed E-state index contributed by atoms with van der Waals surface area (Å²) in [7, 11) is -3.99. The molecule has 0 saturated carbocycles. The quantitative estimate of drug-likeness (QED) is 0.726. The van der Waals surface area contributed by atoms with Crippen LogP contribution in [0.5, 0.6) is 0 Å².